The minimum absolute atomic E-state index is 0.125. The van der Waals surface area contributed by atoms with E-state index < -0.39 is 0 Å². The molecule has 3 heteroatoms. The van der Waals surface area contributed by atoms with Gasteiger partial charge in [0.1, 0.15) is 0 Å². The van der Waals surface area contributed by atoms with Crippen molar-refractivity contribution in [1.82, 2.24) is 0 Å². The smallest absolute Gasteiger partial charge is 0.0471 e. The number of hydrogen-bond donors (Lipinski definition) is 2. The maximum Gasteiger partial charge on any atom is 0.0471 e. The third-order valence-corrected chi connectivity index (χ3v) is 4.54. The lowest BCUT2D eigenvalue weighted by atomic mass is 9.73. The van der Waals surface area contributed by atoms with Crippen molar-refractivity contribution in [2.75, 3.05) is 19.5 Å². The van der Waals surface area contributed by atoms with Gasteiger partial charge >= 0.3 is 0 Å². The number of benzene rings is 1. The number of allylic oxidation sites excluding steroid dienone is 2. The molecule has 0 fully saturated rings. The lowest BCUT2D eigenvalue weighted by Crippen LogP contribution is -2.29. The van der Waals surface area contributed by atoms with E-state index >= 15 is 0 Å². The van der Waals surface area contributed by atoms with Crippen molar-refractivity contribution < 1.29 is 10.2 Å². The second-order valence-corrected chi connectivity index (χ2v) is 5.63. The van der Waals surface area contributed by atoms with Crippen molar-refractivity contribution in [1.29, 1.82) is 0 Å². The Bertz CT molecular complexity index is 399. The molecule has 0 unspecified atom stereocenters. The highest BCUT2D eigenvalue weighted by atomic mass is 32.2. The Kier molecular flexibility index (Phi) is 4.87. The van der Waals surface area contributed by atoms with Gasteiger partial charge in [0.25, 0.3) is 0 Å². The van der Waals surface area contributed by atoms with Crippen LogP contribution in [0.4, 0.5) is 0 Å². The van der Waals surface area contributed by atoms with Gasteiger partial charge in [0.15, 0.2) is 0 Å². The maximum atomic E-state index is 9.58. The number of thioether (sulfide) groups is 1. The largest absolute Gasteiger partial charge is 0.396 e. The van der Waals surface area contributed by atoms with E-state index in [-0.39, 0.29) is 31.0 Å². The van der Waals surface area contributed by atoms with Crippen molar-refractivity contribution in [2.24, 2.45) is 11.8 Å². The highest BCUT2D eigenvalue weighted by molar-refractivity contribution is 7.98. The molecule has 0 amide bonds. The molecule has 0 radical (unpaired) electrons. The van der Waals surface area contributed by atoms with Gasteiger partial charge in [-0.3, -0.25) is 0 Å². The summed E-state index contributed by atoms with van der Waals surface area (Å²) in [4.78, 5) is 1.25. The summed E-state index contributed by atoms with van der Waals surface area (Å²) in [5.41, 5.74) is 1.22. The summed E-state index contributed by atoms with van der Waals surface area (Å²) >= 11 is 1.73. The fourth-order valence-electron chi connectivity index (χ4n) is 2.67. The Labute approximate surface area is 113 Å². The highest BCUT2D eigenvalue weighted by Gasteiger charge is 2.30. The lowest BCUT2D eigenvalue weighted by Gasteiger charge is -2.33. The van der Waals surface area contributed by atoms with E-state index in [1.807, 2.05) is 0 Å². The van der Waals surface area contributed by atoms with Gasteiger partial charge in [0.05, 0.1) is 0 Å². The van der Waals surface area contributed by atoms with Crippen LogP contribution in [-0.2, 0) is 0 Å². The minimum atomic E-state index is 0.125. The van der Waals surface area contributed by atoms with Crippen molar-refractivity contribution in [3.8, 4) is 0 Å². The zero-order valence-electron chi connectivity index (χ0n) is 10.6. The van der Waals surface area contributed by atoms with Gasteiger partial charge < -0.3 is 10.2 Å². The fraction of sp³-hybridized carbons (Fsp3) is 0.467. The summed E-state index contributed by atoms with van der Waals surface area (Å²) in [5, 5.41) is 19.0. The van der Waals surface area contributed by atoms with E-state index in [0.29, 0.717) is 0 Å². The predicted octanol–water partition coefficient (Wildman–Crippen LogP) is 2.67. The van der Waals surface area contributed by atoms with Gasteiger partial charge in [-0.15, -0.1) is 11.8 Å². The van der Waals surface area contributed by atoms with E-state index in [1.54, 1.807) is 11.8 Å². The van der Waals surface area contributed by atoms with Crippen molar-refractivity contribution in [3.63, 3.8) is 0 Å². The number of hydrogen-bond acceptors (Lipinski definition) is 3. The second-order valence-electron chi connectivity index (χ2n) is 4.75. The first-order valence-electron chi connectivity index (χ1n) is 6.32. The van der Waals surface area contributed by atoms with Gasteiger partial charge in [0, 0.05) is 24.0 Å². The predicted molar refractivity (Wildman–Crippen MR) is 75.9 cm³/mol. The molecule has 1 aliphatic rings. The number of rotatable bonds is 4. The molecule has 0 saturated carbocycles. The van der Waals surface area contributed by atoms with Gasteiger partial charge in [-0.2, -0.15) is 0 Å². The standard InChI is InChI=1S/C15H20O2S/c1-18-13-7-5-11(6-8-13)14-4-2-3-12(9-16)15(14)10-17/h2,4-8,12,14-17H,3,9-10H2,1H3/t12-,14+,15-/m1/s1. The average Bonchev–Trinajstić information content (AvgIpc) is 2.46. The van der Waals surface area contributed by atoms with Crippen molar-refractivity contribution >= 4 is 11.8 Å². The normalized spacial score (nSPS) is 27.4. The molecule has 0 bridgehead atoms. The van der Waals surface area contributed by atoms with Gasteiger partial charge in [0.2, 0.25) is 0 Å². The molecule has 3 atom stereocenters. The summed E-state index contributed by atoms with van der Waals surface area (Å²) < 4.78 is 0. The Morgan fingerprint density at radius 3 is 2.44 bits per heavy atom. The molecule has 0 heterocycles. The van der Waals surface area contributed by atoms with Crippen LogP contribution in [0.25, 0.3) is 0 Å². The van der Waals surface area contributed by atoms with Crippen LogP contribution in [0.15, 0.2) is 41.3 Å². The zero-order chi connectivity index (χ0) is 13.0. The van der Waals surface area contributed by atoms with E-state index in [4.69, 9.17) is 0 Å². The van der Waals surface area contributed by atoms with Crippen LogP contribution in [-0.4, -0.2) is 29.7 Å². The van der Waals surface area contributed by atoms with Crippen molar-refractivity contribution in [2.45, 2.75) is 17.2 Å². The Hall–Kier alpha value is -0.770. The van der Waals surface area contributed by atoms with Crippen LogP contribution < -0.4 is 0 Å². The number of aliphatic hydroxyl groups excluding tert-OH is 2. The molecular weight excluding hydrogens is 244 g/mol. The van der Waals surface area contributed by atoms with E-state index in [1.165, 1.54) is 10.5 Å². The average molecular weight is 264 g/mol. The molecule has 1 aromatic rings. The topological polar surface area (TPSA) is 40.5 Å². The molecule has 2 N–H and O–H groups in total. The van der Waals surface area contributed by atoms with Crippen LogP contribution in [0.3, 0.4) is 0 Å². The summed E-state index contributed by atoms with van der Waals surface area (Å²) in [7, 11) is 0. The maximum absolute atomic E-state index is 9.58. The Morgan fingerprint density at radius 1 is 1.17 bits per heavy atom. The SMILES string of the molecule is CSc1ccc([C@@H]2C=CC[C@H](CO)[C@H]2CO)cc1. The highest BCUT2D eigenvalue weighted by Crippen LogP contribution is 2.37. The quantitative estimate of drug-likeness (QED) is 0.649. The Balaban J connectivity index is 2.23. The van der Waals surface area contributed by atoms with Gasteiger partial charge in [-0.25, -0.2) is 0 Å². The summed E-state index contributed by atoms with van der Waals surface area (Å²) in [6.07, 6.45) is 7.22. The summed E-state index contributed by atoms with van der Waals surface area (Å²) in [6.45, 7) is 0.277. The molecule has 98 valence electrons. The molecule has 0 saturated heterocycles. The van der Waals surface area contributed by atoms with E-state index in [2.05, 4.69) is 42.7 Å². The van der Waals surface area contributed by atoms with E-state index in [9.17, 15) is 10.2 Å². The Morgan fingerprint density at radius 2 is 1.89 bits per heavy atom. The van der Waals surface area contributed by atoms with Crippen molar-refractivity contribution in [3.05, 3.63) is 42.0 Å². The third kappa shape index (κ3) is 2.79. The van der Waals surface area contributed by atoms with Crippen LogP contribution in [0.1, 0.15) is 17.9 Å². The van der Waals surface area contributed by atoms with Crippen LogP contribution in [0.2, 0.25) is 0 Å². The first kappa shape index (κ1) is 13.7. The molecule has 0 spiro atoms. The molecule has 0 aliphatic heterocycles. The fourth-order valence-corrected chi connectivity index (χ4v) is 3.08. The molecule has 2 nitrogen and oxygen atoms in total. The molecular formula is C15H20O2S. The van der Waals surface area contributed by atoms with Gasteiger partial charge in [-0.05, 0) is 42.2 Å². The summed E-state index contributed by atoms with van der Waals surface area (Å²) in [6, 6.07) is 8.49. The minimum Gasteiger partial charge on any atom is -0.396 e. The lowest BCUT2D eigenvalue weighted by molar-refractivity contribution is 0.107. The van der Waals surface area contributed by atoms with Crippen LogP contribution >= 0.6 is 11.8 Å². The molecule has 1 aromatic carbocycles. The zero-order valence-corrected chi connectivity index (χ0v) is 11.4. The first-order chi connectivity index (χ1) is 8.80. The van der Waals surface area contributed by atoms with Crippen LogP contribution in [0, 0.1) is 11.8 Å². The molecule has 2 rings (SSSR count). The number of aliphatic hydroxyl groups is 2. The third-order valence-electron chi connectivity index (χ3n) is 3.80. The monoisotopic (exact) mass is 264 g/mol. The molecule has 0 aromatic heterocycles. The van der Waals surface area contributed by atoms with Crippen LogP contribution in [0.5, 0.6) is 0 Å². The molecule has 1 aliphatic carbocycles. The first-order valence-corrected chi connectivity index (χ1v) is 7.55. The second kappa shape index (κ2) is 6.41. The summed E-state index contributed by atoms with van der Waals surface area (Å²) in [5.74, 6) is 0.516. The van der Waals surface area contributed by atoms with Gasteiger partial charge in [-0.1, -0.05) is 24.3 Å². The molecule has 18 heavy (non-hydrogen) atoms. The van der Waals surface area contributed by atoms with E-state index in [0.717, 1.165) is 6.42 Å².